The van der Waals surface area contributed by atoms with Gasteiger partial charge in [0.25, 0.3) is 0 Å². The number of carbonyl (C=O) groups excluding carboxylic acids is 2. The van der Waals surface area contributed by atoms with Crippen molar-refractivity contribution in [2.45, 2.75) is 32.6 Å². The highest BCUT2D eigenvalue weighted by atomic mass is 19.3. The Balaban J connectivity index is 1.85. The van der Waals surface area contributed by atoms with Crippen LogP contribution < -0.4 is 20.1 Å². The van der Waals surface area contributed by atoms with Crippen molar-refractivity contribution < 1.29 is 27.8 Å². The van der Waals surface area contributed by atoms with Gasteiger partial charge in [0, 0.05) is 24.3 Å². The average Bonchev–Trinajstić information content (AvgIpc) is 2.75. The average molecular weight is 357 g/mol. The maximum Gasteiger partial charge on any atom is 0.586 e. The molecule has 2 rings (SSSR count). The second-order valence-corrected chi connectivity index (χ2v) is 6.73. The molecule has 0 bridgehead atoms. The maximum absolute atomic E-state index is 13.0. The van der Waals surface area contributed by atoms with Crippen molar-refractivity contribution in [1.29, 1.82) is 0 Å². The number of rotatable bonds is 5. The van der Waals surface area contributed by atoms with Gasteiger partial charge in [-0.3, -0.25) is 9.59 Å². The maximum atomic E-state index is 13.0. The highest BCUT2D eigenvalue weighted by Gasteiger charge is 2.43. The van der Waals surface area contributed by atoms with Gasteiger partial charge in [0.15, 0.2) is 11.5 Å². The van der Waals surface area contributed by atoms with Crippen molar-refractivity contribution >= 4 is 17.5 Å². The largest absolute Gasteiger partial charge is 0.586 e. The van der Waals surface area contributed by atoms with Crippen LogP contribution in [0.1, 0.15) is 20.8 Å². The monoisotopic (exact) mass is 357 g/mol. The zero-order chi connectivity index (χ0) is 18.8. The molecular weight excluding hydrogens is 336 g/mol. The Morgan fingerprint density at radius 3 is 2.48 bits per heavy atom. The third-order valence-corrected chi connectivity index (χ3v) is 3.17. The Morgan fingerprint density at radius 1 is 1.20 bits per heavy atom. The number of anilines is 1. The standard InChI is InChI=1S/C16H21F2N3O4/c1-15(2,3)20-13(22)9-21(4)14(23)8-19-10-5-6-11-12(7-10)25-16(17,18)24-11/h5-7,19H,8-9H2,1-4H3,(H,20,22). The molecule has 2 N–H and O–H groups in total. The van der Waals surface area contributed by atoms with Gasteiger partial charge in [-0.25, -0.2) is 0 Å². The second kappa shape index (κ2) is 6.73. The fraction of sp³-hybridized carbons (Fsp3) is 0.500. The molecule has 25 heavy (non-hydrogen) atoms. The smallest absolute Gasteiger partial charge is 0.395 e. The minimum atomic E-state index is -3.68. The molecule has 0 fully saturated rings. The molecule has 1 aliphatic rings. The first-order valence-electron chi connectivity index (χ1n) is 7.64. The van der Waals surface area contributed by atoms with Gasteiger partial charge in [-0.1, -0.05) is 0 Å². The van der Waals surface area contributed by atoms with Crippen molar-refractivity contribution in [1.82, 2.24) is 10.2 Å². The van der Waals surface area contributed by atoms with E-state index in [9.17, 15) is 18.4 Å². The molecule has 1 aliphatic heterocycles. The lowest BCUT2D eigenvalue weighted by Crippen LogP contribution is -2.47. The van der Waals surface area contributed by atoms with Crippen molar-refractivity contribution in [3.05, 3.63) is 18.2 Å². The van der Waals surface area contributed by atoms with E-state index in [1.807, 2.05) is 20.8 Å². The number of alkyl halides is 2. The van der Waals surface area contributed by atoms with Gasteiger partial charge in [0.2, 0.25) is 11.8 Å². The number of fused-ring (bicyclic) bond motifs is 1. The Bertz CT molecular complexity index is 674. The van der Waals surface area contributed by atoms with Crippen molar-refractivity contribution in [2.24, 2.45) is 0 Å². The molecule has 138 valence electrons. The van der Waals surface area contributed by atoms with Gasteiger partial charge < -0.3 is 25.0 Å². The number of carbonyl (C=O) groups is 2. The first-order chi connectivity index (χ1) is 11.5. The van der Waals surface area contributed by atoms with E-state index in [1.54, 1.807) is 0 Å². The Hall–Kier alpha value is -2.58. The lowest BCUT2D eigenvalue weighted by Gasteiger charge is -2.23. The minimum absolute atomic E-state index is 0.0714. The molecule has 0 aromatic heterocycles. The quantitative estimate of drug-likeness (QED) is 0.840. The molecule has 0 aliphatic carbocycles. The van der Waals surface area contributed by atoms with E-state index in [1.165, 1.54) is 30.1 Å². The summed E-state index contributed by atoms with van der Waals surface area (Å²) < 4.78 is 34.6. The Morgan fingerprint density at radius 2 is 1.84 bits per heavy atom. The van der Waals surface area contributed by atoms with Gasteiger partial charge >= 0.3 is 6.29 Å². The summed E-state index contributed by atoms with van der Waals surface area (Å²) in [6.07, 6.45) is -3.68. The minimum Gasteiger partial charge on any atom is -0.395 e. The van der Waals surface area contributed by atoms with E-state index in [2.05, 4.69) is 20.1 Å². The zero-order valence-electron chi connectivity index (χ0n) is 14.5. The molecule has 0 unspecified atom stereocenters. The summed E-state index contributed by atoms with van der Waals surface area (Å²) in [7, 11) is 1.51. The fourth-order valence-corrected chi connectivity index (χ4v) is 2.13. The number of amides is 2. The number of nitrogens with zero attached hydrogens (tertiary/aromatic N) is 1. The van der Waals surface area contributed by atoms with Gasteiger partial charge in [-0.15, -0.1) is 8.78 Å². The van der Waals surface area contributed by atoms with Crippen LogP contribution in [0.15, 0.2) is 18.2 Å². The summed E-state index contributed by atoms with van der Waals surface area (Å²) in [6, 6.07) is 4.13. The highest BCUT2D eigenvalue weighted by Crippen LogP contribution is 2.42. The Labute approximate surface area is 144 Å². The first-order valence-corrected chi connectivity index (χ1v) is 7.64. The Kier molecular flexibility index (Phi) is 5.05. The van der Waals surface area contributed by atoms with Gasteiger partial charge in [-0.05, 0) is 32.9 Å². The summed E-state index contributed by atoms with van der Waals surface area (Å²) in [5, 5.41) is 5.56. The molecule has 0 radical (unpaired) electrons. The van der Waals surface area contributed by atoms with E-state index in [0.29, 0.717) is 5.69 Å². The third-order valence-electron chi connectivity index (χ3n) is 3.17. The highest BCUT2D eigenvalue weighted by molar-refractivity contribution is 5.87. The van der Waals surface area contributed by atoms with Crippen LogP contribution in [-0.4, -0.2) is 48.7 Å². The van der Waals surface area contributed by atoms with Gasteiger partial charge in [-0.2, -0.15) is 0 Å². The number of ether oxygens (including phenoxy) is 2. The summed E-state index contributed by atoms with van der Waals surface area (Å²) in [4.78, 5) is 25.1. The fourth-order valence-electron chi connectivity index (χ4n) is 2.13. The van der Waals surface area contributed by atoms with Crippen LogP contribution in [-0.2, 0) is 9.59 Å². The number of nitrogens with one attached hydrogen (secondary N) is 2. The van der Waals surface area contributed by atoms with Crippen LogP contribution in [0.5, 0.6) is 11.5 Å². The normalized spacial score (nSPS) is 14.8. The molecule has 0 saturated carbocycles. The summed E-state index contributed by atoms with van der Waals surface area (Å²) in [5.41, 5.74) is 0.0364. The van der Waals surface area contributed by atoms with Gasteiger partial charge in [0.05, 0.1) is 13.1 Å². The van der Waals surface area contributed by atoms with Crippen molar-refractivity contribution in [2.75, 3.05) is 25.5 Å². The summed E-state index contributed by atoms with van der Waals surface area (Å²) in [5.74, 6) is -0.779. The van der Waals surface area contributed by atoms with E-state index in [-0.39, 0.29) is 41.9 Å². The lowest BCUT2D eigenvalue weighted by molar-refractivity contribution is -0.286. The number of likely N-dealkylation sites (N-methyl/N-ethyl adjacent to an activating group) is 1. The van der Waals surface area contributed by atoms with E-state index < -0.39 is 6.29 Å². The number of hydrogen-bond acceptors (Lipinski definition) is 5. The molecule has 1 heterocycles. The molecule has 1 aromatic rings. The van der Waals surface area contributed by atoms with E-state index in [0.717, 1.165) is 0 Å². The topological polar surface area (TPSA) is 79.9 Å². The molecule has 2 amide bonds. The molecule has 0 atom stereocenters. The van der Waals surface area contributed by atoms with Gasteiger partial charge in [0.1, 0.15) is 0 Å². The second-order valence-electron chi connectivity index (χ2n) is 6.73. The third kappa shape index (κ3) is 5.47. The van der Waals surface area contributed by atoms with Crippen LogP contribution >= 0.6 is 0 Å². The van der Waals surface area contributed by atoms with E-state index >= 15 is 0 Å². The SMILES string of the molecule is CN(CC(=O)NC(C)(C)C)C(=O)CNc1ccc2c(c1)OC(F)(F)O2. The molecule has 7 nitrogen and oxygen atoms in total. The summed E-state index contributed by atoms with van der Waals surface area (Å²) >= 11 is 0. The van der Waals surface area contributed by atoms with Crippen LogP contribution in [0.3, 0.4) is 0 Å². The van der Waals surface area contributed by atoms with Crippen molar-refractivity contribution in [3.63, 3.8) is 0 Å². The zero-order valence-corrected chi connectivity index (χ0v) is 14.5. The number of halogens is 2. The lowest BCUT2D eigenvalue weighted by atomic mass is 10.1. The first kappa shape index (κ1) is 18.8. The molecule has 1 aromatic carbocycles. The van der Waals surface area contributed by atoms with E-state index in [4.69, 9.17) is 0 Å². The van der Waals surface area contributed by atoms with Crippen molar-refractivity contribution in [3.8, 4) is 11.5 Å². The summed E-state index contributed by atoms with van der Waals surface area (Å²) in [6.45, 7) is 5.35. The molecule has 0 spiro atoms. The molecule has 9 heteroatoms. The van der Waals surface area contributed by atoms with Crippen LogP contribution in [0, 0.1) is 0 Å². The number of benzene rings is 1. The number of hydrogen-bond donors (Lipinski definition) is 2. The predicted octanol–water partition coefficient (Wildman–Crippen LogP) is 1.79. The molecular formula is C16H21F2N3O4. The van der Waals surface area contributed by atoms with Crippen LogP contribution in [0.2, 0.25) is 0 Å². The van der Waals surface area contributed by atoms with Crippen LogP contribution in [0.4, 0.5) is 14.5 Å². The predicted molar refractivity (Wildman–Crippen MR) is 86.7 cm³/mol. The molecule has 0 saturated heterocycles. The van der Waals surface area contributed by atoms with Crippen LogP contribution in [0.25, 0.3) is 0 Å².